The molecule has 0 N–H and O–H groups in total. The van der Waals surface area contributed by atoms with Gasteiger partial charge in [-0.15, -0.1) is 0 Å². The van der Waals surface area contributed by atoms with Crippen LogP contribution in [0.1, 0.15) is 27.7 Å². The molecule has 0 fully saturated rings. The first-order valence-electron chi connectivity index (χ1n) is 49.1. The average Bonchev–Trinajstić information content (AvgIpc) is 0.757. The van der Waals surface area contributed by atoms with Gasteiger partial charge in [0.1, 0.15) is 0 Å². The molecule has 0 radical (unpaired) electrons. The molecule has 20 aromatic carbocycles. The highest BCUT2D eigenvalue weighted by Crippen LogP contribution is 2.49. The highest BCUT2D eigenvalue weighted by molar-refractivity contribution is 6.00. The van der Waals surface area contributed by atoms with Crippen LogP contribution in [-0.4, -0.2) is 22.1 Å². The average molecular weight is 1860 g/mol. The number of aromatic nitrogens is 2. The van der Waals surface area contributed by atoms with Crippen LogP contribution in [0.5, 0.6) is 0 Å². The van der Waals surface area contributed by atoms with Crippen molar-refractivity contribution in [1.29, 1.82) is 0 Å². The van der Waals surface area contributed by atoms with Crippen LogP contribution in [0.25, 0.3) is 21.8 Å². The number of para-hydroxylation sites is 10. The van der Waals surface area contributed by atoms with Crippen LogP contribution in [-0.2, 0) is 0 Å². The topological polar surface area (TPSA) is 58.2 Å². The van der Waals surface area contributed by atoms with Gasteiger partial charge in [0.2, 0.25) is 0 Å². The van der Waals surface area contributed by atoms with E-state index in [4.69, 9.17) is 0 Å². The number of nitrogens with zero attached hydrogens (tertiary/aromatic N) is 12. The maximum atomic E-state index is 4.68. The molecule has 0 saturated carbocycles. The van der Waals surface area contributed by atoms with Gasteiger partial charge in [0, 0.05) is 183 Å². The number of fused-ring (bicyclic) bond motifs is 2. The summed E-state index contributed by atoms with van der Waals surface area (Å²) in [4.78, 5) is 32.7. The van der Waals surface area contributed by atoms with E-state index < -0.39 is 0 Å². The first kappa shape index (κ1) is 91.6. The van der Waals surface area contributed by atoms with Gasteiger partial charge in [0.05, 0.1) is 22.4 Å². The van der Waals surface area contributed by atoms with Gasteiger partial charge in [0.15, 0.2) is 0 Å². The Kier molecular flexibility index (Phi) is 27.4. The highest BCUT2D eigenvalue weighted by Gasteiger charge is 2.27. The summed E-state index contributed by atoms with van der Waals surface area (Å²) in [7, 11) is 0. The molecular weight excluding hydrogens is 1750 g/mol. The lowest BCUT2D eigenvalue weighted by Gasteiger charge is -2.31. The first-order valence-corrected chi connectivity index (χ1v) is 49.1. The minimum Gasteiger partial charge on any atom is -0.339 e. The normalized spacial score (nSPS) is 11.0. The van der Waals surface area contributed by atoms with Crippen LogP contribution in [0.3, 0.4) is 0 Å². The zero-order valence-corrected chi connectivity index (χ0v) is 80.8. The third-order valence-corrected chi connectivity index (χ3v) is 25.9. The zero-order chi connectivity index (χ0) is 97.3. The molecule has 2 heterocycles. The van der Waals surface area contributed by atoms with Gasteiger partial charge in [-0.3, -0.25) is 9.97 Å². The number of pyridine rings is 2. The predicted molar refractivity (Wildman–Crippen MR) is 608 cm³/mol. The van der Waals surface area contributed by atoms with Crippen LogP contribution in [0, 0.1) is 0 Å². The van der Waals surface area contributed by atoms with E-state index in [1.165, 1.54) is 11.4 Å². The molecule has 0 saturated heterocycles. The van der Waals surface area contributed by atoms with E-state index in [0.29, 0.717) is 12.1 Å². The van der Waals surface area contributed by atoms with Crippen molar-refractivity contribution in [2.45, 2.75) is 39.8 Å². The fraction of sp³-hybridized carbons (Fsp3) is 0.0455. The second-order valence-electron chi connectivity index (χ2n) is 35.8. The molecular formula is C132H108N12. The quantitative estimate of drug-likeness (QED) is 0.0431. The Morgan fingerprint density at radius 3 is 0.438 bits per heavy atom. The molecule has 0 aliphatic carbocycles. The van der Waals surface area contributed by atoms with Crippen molar-refractivity contribution in [1.82, 2.24) is 9.97 Å². The van der Waals surface area contributed by atoms with Crippen molar-refractivity contribution in [3.63, 3.8) is 0 Å². The van der Waals surface area contributed by atoms with Crippen molar-refractivity contribution in [2.75, 3.05) is 49.0 Å². The number of benzene rings is 20. The molecule has 144 heavy (non-hydrogen) atoms. The van der Waals surface area contributed by atoms with E-state index in [1.807, 2.05) is 24.5 Å². The third-order valence-electron chi connectivity index (χ3n) is 25.9. The minimum atomic E-state index is 0.298. The van der Waals surface area contributed by atoms with E-state index in [9.17, 15) is 0 Å². The van der Waals surface area contributed by atoms with Crippen LogP contribution in [0.4, 0.5) is 159 Å². The summed E-state index contributed by atoms with van der Waals surface area (Å²) in [5.41, 5.74) is 32.1. The molecule has 12 nitrogen and oxygen atoms in total. The predicted octanol–water partition coefficient (Wildman–Crippen LogP) is 37.3. The lowest BCUT2D eigenvalue weighted by Crippen LogP contribution is -2.25. The number of hydrogen-bond acceptors (Lipinski definition) is 12. The maximum absolute atomic E-state index is 4.68. The molecule has 696 valence electrons. The van der Waals surface area contributed by atoms with Gasteiger partial charge < -0.3 is 49.0 Å². The molecule has 12 heteroatoms. The van der Waals surface area contributed by atoms with Crippen molar-refractivity contribution in [2.24, 2.45) is 0 Å². The van der Waals surface area contributed by atoms with Crippen LogP contribution >= 0.6 is 0 Å². The van der Waals surface area contributed by atoms with Crippen molar-refractivity contribution < 1.29 is 0 Å². The fourth-order valence-corrected chi connectivity index (χ4v) is 19.4. The molecule has 2 aromatic heterocycles. The van der Waals surface area contributed by atoms with Gasteiger partial charge in [-0.2, -0.15) is 0 Å². The lowest BCUT2D eigenvalue weighted by atomic mass is 10.1. The summed E-state index contributed by atoms with van der Waals surface area (Å²) in [6.45, 7) is 8.94. The summed E-state index contributed by atoms with van der Waals surface area (Å²) in [6.07, 6.45) is 3.70. The van der Waals surface area contributed by atoms with Crippen molar-refractivity contribution >= 4 is 181 Å². The molecule has 0 aliphatic heterocycles. The second-order valence-corrected chi connectivity index (χ2v) is 35.8. The van der Waals surface area contributed by atoms with E-state index in [2.05, 4.69) is 633 Å². The highest BCUT2D eigenvalue weighted by atomic mass is 15.2. The smallest absolute Gasteiger partial charge is 0.0723 e. The molecule has 0 unspecified atom stereocenters. The van der Waals surface area contributed by atoms with Crippen LogP contribution in [0.2, 0.25) is 0 Å². The SMILES string of the molecule is CC(C)N(c1ccccc1)c1ccc(N(c2ccccc2)c2ccc(N(c3ccccc3)c3ccc(N(c4ccccc4)c4ccc(N(c5ccccc5)C(C)C)cc4)cc3)cc2)cc1.c1ccc(N(c2ccc(N(c3ccccc3)c3ccc(N(c4ccccc4)c4cccc5ncccc45)cc3)cc2)c2ccc(N(c3ccccc3)c3ccc(N(c4ccccc4)c4cccc5ncccc45)cc3)cc2)cc1. The first-order chi connectivity index (χ1) is 71.1. The van der Waals surface area contributed by atoms with E-state index in [1.54, 1.807) is 0 Å². The van der Waals surface area contributed by atoms with Crippen molar-refractivity contribution in [3.05, 3.63) is 570 Å². The standard InChI is InChI=1S/C72H53N7.C60H55N5/c1-6-20-54(21-7-1)75(59-36-40-61(41-37-59)76(55-22-8-2-9-23-55)63-44-48-65(49-45-63)78(57-26-12-4-13-27-57)71-34-16-32-69-67(71)30-18-52-73-69)60-38-42-62(43-39-60)77(56-24-10-3-11-25-56)64-46-50-66(51-47-64)79(58-28-14-5-15-29-58)72-35-17-33-70-68(72)31-19-53-74-70;1-46(2)61(48-20-10-5-11-21-48)53-30-34-55(35-31-53)63(50-24-14-7-15-25-50)57-38-42-59(43-39-57)65(52-28-18-9-19-29-52)60-44-40-58(41-45-60)64(51-26-16-8-17-27-51)56-36-32-54(33-37-56)62(47(3)4)49-22-12-6-13-23-49/h1-53H;5-47H,1-4H3. The molecule has 0 aliphatic rings. The number of anilines is 28. The zero-order valence-electron chi connectivity index (χ0n) is 80.8. The Morgan fingerprint density at radius 1 is 0.125 bits per heavy atom. The second kappa shape index (κ2) is 43.1. The number of hydrogen-bond donors (Lipinski definition) is 0. The molecule has 22 rings (SSSR count). The fourth-order valence-electron chi connectivity index (χ4n) is 19.4. The Labute approximate surface area is 844 Å². The maximum Gasteiger partial charge on any atom is 0.0723 e. The third kappa shape index (κ3) is 20.0. The van der Waals surface area contributed by atoms with E-state index in [-0.39, 0.29) is 0 Å². The van der Waals surface area contributed by atoms with E-state index in [0.717, 1.165) is 170 Å². The molecule has 22 aromatic rings. The molecule has 0 atom stereocenters. The van der Waals surface area contributed by atoms with Crippen LogP contribution < -0.4 is 49.0 Å². The number of rotatable bonds is 30. The largest absolute Gasteiger partial charge is 0.339 e. The van der Waals surface area contributed by atoms with Gasteiger partial charge in [0.25, 0.3) is 0 Å². The van der Waals surface area contributed by atoms with Gasteiger partial charge in [-0.25, -0.2) is 0 Å². The lowest BCUT2D eigenvalue weighted by molar-refractivity contribution is 0.789. The molecule has 0 spiro atoms. The minimum absolute atomic E-state index is 0.298. The molecule has 0 amide bonds. The van der Waals surface area contributed by atoms with Gasteiger partial charge in [-0.1, -0.05) is 194 Å². The monoisotopic (exact) mass is 1860 g/mol. The van der Waals surface area contributed by atoms with Crippen LogP contribution in [0.15, 0.2) is 570 Å². The Morgan fingerprint density at radius 2 is 0.264 bits per heavy atom. The summed E-state index contributed by atoms with van der Waals surface area (Å²) >= 11 is 0. The van der Waals surface area contributed by atoms with E-state index >= 15 is 0 Å². The van der Waals surface area contributed by atoms with Gasteiger partial charge in [-0.05, 0) is 392 Å². The Balaban J connectivity index is 0.000000173. The summed E-state index contributed by atoms with van der Waals surface area (Å²) in [5, 5.41) is 2.17. The summed E-state index contributed by atoms with van der Waals surface area (Å²) in [5.74, 6) is 0. The van der Waals surface area contributed by atoms with Gasteiger partial charge >= 0.3 is 0 Å². The summed E-state index contributed by atoms with van der Waals surface area (Å²) in [6, 6.07) is 198. The Bertz CT molecular complexity index is 7430. The summed E-state index contributed by atoms with van der Waals surface area (Å²) < 4.78 is 0. The van der Waals surface area contributed by atoms with Crippen molar-refractivity contribution in [3.8, 4) is 0 Å². The Hall–Kier alpha value is -18.8. The molecule has 0 bridgehead atoms.